The van der Waals surface area contributed by atoms with E-state index in [0.29, 0.717) is 15.6 Å². The number of rotatable bonds is 3. The molecule has 0 fully saturated rings. The Morgan fingerprint density at radius 1 is 1.24 bits per heavy atom. The van der Waals surface area contributed by atoms with Crippen LogP contribution in [0.3, 0.4) is 0 Å². The molecule has 2 rings (SSSR count). The molecule has 0 bridgehead atoms. The molecule has 108 valence electrons. The van der Waals surface area contributed by atoms with Crippen molar-refractivity contribution in [2.75, 3.05) is 0 Å². The van der Waals surface area contributed by atoms with Gasteiger partial charge in [-0.15, -0.1) is 0 Å². The Bertz CT molecular complexity index is 669. The van der Waals surface area contributed by atoms with Crippen LogP contribution < -0.4 is 0 Å². The van der Waals surface area contributed by atoms with Gasteiger partial charge in [-0.3, -0.25) is 14.4 Å². The topological polar surface area (TPSA) is 60.4 Å². The van der Waals surface area contributed by atoms with Gasteiger partial charge in [0.25, 0.3) is 0 Å². The van der Waals surface area contributed by atoms with Gasteiger partial charge in [0.1, 0.15) is 5.76 Å². The van der Waals surface area contributed by atoms with Gasteiger partial charge in [-0.25, -0.2) is 0 Å². The summed E-state index contributed by atoms with van der Waals surface area (Å²) in [4.78, 5) is 35.3. The smallest absolute Gasteiger partial charge is 0.329 e. The Labute approximate surface area is 131 Å². The van der Waals surface area contributed by atoms with Crippen LogP contribution in [0, 0.1) is 5.92 Å². The molecule has 1 aromatic carbocycles. The molecule has 0 radical (unpaired) electrons. The van der Waals surface area contributed by atoms with Crippen molar-refractivity contribution in [1.29, 1.82) is 0 Å². The maximum Gasteiger partial charge on any atom is 0.329 e. The van der Waals surface area contributed by atoms with Gasteiger partial charge in [-0.2, -0.15) is 0 Å². The lowest BCUT2D eigenvalue weighted by molar-refractivity contribution is -0.151. The number of cyclic esters (lactones) is 1. The maximum atomic E-state index is 12.0. The molecule has 1 unspecified atom stereocenters. The van der Waals surface area contributed by atoms with Crippen molar-refractivity contribution >= 4 is 46.8 Å². The molecule has 0 amide bonds. The van der Waals surface area contributed by atoms with Crippen LogP contribution in [0.4, 0.5) is 0 Å². The molecule has 0 saturated heterocycles. The predicted octanol–water partition coefficient (Wildman–Crippen LogP) is 3.22. The lowest BCUT2D eigenvalue weighted by Crippen LogP contribution is -2.34. The fourth-order valence-electron chi connectivity index (χ4n) is 1.83. The predicted molar refractivity (Wildman–Crippen MR) is 78.8 cm³/mol. The molecule has 1 aliphatic rings. The van der Waals surface area contributed by atoms with Gasteiger partial charge < -0.3 is 4.74 Å². The first-order chi connectivity index (χ1) is 9.90. The van der Waals surface area contributed by atoms with Gasteiger partial charge in [0, 0.05) is 21.7 Å². The van der Waals surface area contributed by atoms with E-state index in [-0.39, 0.29) is 5.76 Å². The Kier molecular flexibility index (Phi) is 4.60. The molecule has 0 aliphatic carbocycles. The van der Waals surface area contributed by atoms with Crippen molar-refractivity contribution in [2.24, 2.45) is 5.92 Å². The summed E-state index contributed by atoms with van der Waals surface area (Å²) in [5, 5.41) is 0.722. The van der Waals surface area contributed by atoms with E-state index in [4.69, 9.17) is 27.9 Å². The standard InChI is InChI=1S/C15H10Cl2O4/c1-8-7-13(19)14(15(20)21-8)12(18)6-5-9-10(16)3-2-4-11(9)17/h2-7,14H,1H3/b6-5+. The number of hydrogen-bond donors (Lipinski definition) is 0. The third-order valence-corrected chi connectivity index (χ3v) is 3.48. The zero-order valence-corrected chi connectivity index (χ0v) is 12.4. The van der Waals surface area contributed by atoms with Crippen LogP contribution >= 0.6 is 23.2 Å². The zero-order chi connectivity index (χ0) is 15.6. The number of carbonyl (C=O) groups excluding carboxylic acids is 3. The normalized spacial score (nSPS) is 18.6. The Balaban J connectivity index is 2.24. The zero-order valence-electron chi connectivity index (χ0n) is 10.9. The number of ketones is 2. The maximum absolute atomic E-state index is 12.0. The highest BCUT2D eigenvalue weighted by atomic mass is 35.5. The van der Waals surface area contributed by atoms with E-state index in [1.54, 1.807) is 18.2 Å². The molecule has 1 heterocycles. The van der Waals surface area contributed by atoms with Crippen LogP contribution in [0.15, 0.2) is 36.1 Å². The second kappa shape index (κ2) is 6.24. The van der Waals surface area contributed by atoms with E-state index < -0.39 is 23.5 Å². The SMILES string of the molecule is CC1=CC(=O)C(C(=O)/C=C/c2c(Cl)cccc2Cl)C(=O)O1. The minimum absolute atomic E-state index is 0.173. The monoisotopic (exact) mass is 324 g/mol. The Hall–Kier alpha value is -1.91. The van der Waals surface area contributed by atoms with Crippen LogP contribution in [-0.4, -0.2) is 17.5 Å². The highest BCUT2D eigenvalue weighted by molar-refractivity contribution is 6.37. The highest BCUT2D eigenvalue weighted by Crippen LogP contribution is 2.26. The summed E-state index contributed by atoms with van der Waals surface area (Å²) in [6, 6.07) is 4.90. The lowest BCUT2D eigenvalue weighted by atomic mass is 9.96. The van der Waals surface area contributed by atoms with E-state index in [0.717, 1.165) is 12.2 Å². The summed E-state index contributed by atoms with van der Waals surface area (Å²) >= 11 is 11.9. The Morgan fingerprint density at radius 2 is 1.86 bits per heavy atom. The highest BCUT2D eigenvalue weighted by Gasteiger charge is 2.36. The van der Waals surface area contributed by atoms with E-state index in [2.05, 4.69) is 0 Å². The molecule has 0 aromatic heterocycles. The van der Waals surface area contributed by atoms with Gasteiger partial charge in [-0.1, -0.05) is 29.3 Å². The summed E-state index contributed by atoms with van der Waals surface area (Å²) in [7, 11) is 0. The van der Waals surface area contributed by atoms with E-state index >= 15 is 0 Å². The minimum atomic E-state index is -1.47. The lowest BCUT2D eigenvalue weighted by Gasteiger charge is -2.15. The fraction of sp³-hybridized carbons (Fsp3) is 0.133. The van der Waals surface area contributed by atoms with Gasteiger partial charge in [-0.05, 0) is 31.2 Å². The van der Waals surface area contributed by atoms with Crippen molar-refractivity contribution in [3.8, 4) is 0 Å². The minimum Gasteiger partial charge on any atom is -0.430 e. The molecule has 0 N–H and O–H groups in total. The average molecular weight is 325 g/mol. The number of allylic oxidation sites excluding steroid dienone is 3. The Morgan fingerprint density at radius 3 is 2.43 bits per heavy atom. The van der Waals surface area contributed by atoms with Crippen LogP contribution in [0.2, 0.25) is 10.0 Å². The third kappa shape index (κ3) is 3.40. The first kappa shape index (κ1) is 15.5. The van der Waals surface area contributed by atoms with Gasteiger partial charge in [0.15, 0.2) is 17.5 Å². The molecule has 0 saturated carbocycles. The molecule has 4 nitrogen and oxygen atoms in total. The third-order valence-electron chi connectivity index (χ3n) is 2.83. The fourth-order valence-corrected chi connectivity index (χ4v) is 2.36. The van der Waals surface area contributed by atoms with Crippen LogP contribution in [0.25, 0.3) is 6.08 Å². The number of benzene rings is 1. The molecule has 6 heteroatoms. The summed E-state index contributed by atoms with van der Waals surface area (Å²) < 4.78 is 4.78. The number of hydrogen-bond acceptors (Lipinski definition) is 4. The molecular weight excluding hydrogens is 315 g/mol. The van der Waals surface area contributed by atoms with Gasteiger partial charge in [0.05, 0.1) is 0 Å². The van der Waals surface area contributed by atoms with Gasteiger partial charge in [0.2, 0.25) is 0 Å². The van der Waals surface area contributed by atoms with Crippen LogP contribution in [0.5, 0.6) is 0 Å². The number of ether oxygens (including phenoxy) is 1. The molecule has 0 spiro atoms. The summed E-state index contributed by atoms with van der Waals surface area (Å²) in [5.41, 5.74) is 0.442. The quantitative estimate of drug-likeness (QED) is 0.486. The average Bonchev–Trinajstić information content (AvgIpc) is 2.36. The first-order valence-electron chi connectivity index (χ1n) is 6.00. The van der Waals surface area contributed by atoms with E-state index in [1.165, 1.54) is 13.0 Å². The van der Waals surface area contributed by atoms with Crippen molar-refractivity contribution in [1.82, 2.24) is 0 Å². The molecule has 1 aliphatic heterocycles. The van der Waals surface area contributed by atoms with E-state index in [9.17, 15) is 14.4 Å². The molecule has 21 heavy (non-hydrogen) atoms. The first-order valence-corrected chi connectivity index (χ1v) is 6.75. The number of halogens is 2. The number of esters is 1. The molecule has 1 aromatic rings. The largest absolute Gasteiger partial charge is 0.430 e. The van der Waals surface area contributed by atoms with Crippen molar-refractivity contribution < 1.29 is 19.1 Å². The van der Waals surface area contributed by atoms with Crippen LogP contribution in [-0.2, 0) is 19.1 Å². The van der Waals surface area contributed by atoms with E-state index in [1.807, 2.05) is 0 Å². The molecular formula is C15H10Cl2O4. The molecule has 1 atom stereocenters. The second-order valence-corrected chi connectivity index (χ2v) is 5.20. The summed E-state index contributed by atoms with van der Waals surface area (Å²) in [6.07, 6.45) is 3.60. The summed E-state index contributed by atoms with van der Waals surface area (Å²) in [5.74, 6) is -3.44. The second-order valence-electron chi connectivity index (χ2n) is 4.38. The van der Waals surface area contributed by atoms with Crippen molar-refractivity contribution in [2.45, 2.75) is 6.92 Å². The van der Waals surface area contributed by atoms with Crippen molar-refractivity contribution in [3.63, 3.8) is 0 Å². The van der Waals surface area contributed by atoms with Crippen LogP contribution in [0.1, 0.15) is 12.5 Å². The summed E-state index contributed by atoms with van der Waals surface area (Å²) in [6.45, 7) is 1.47. The van der Waals surface area contributed by atoms with Gasteiger partial charge >= 0.3 is 5.97 Å². The van der Waals surface area contributed by atoms with Crippen molar-refractivity contribution in [3.05, 3.63) is 51.7 Å². The number of carbonyl (C=O) groups is 3.